The molecule has 0 heterocycles. The Kier molecular flexibility index (Phi) is 39.8. The van der Waals surface area contributed by atoms with Gasteiger partial charge in [0, 0.05) is 20.0 Å². The Morgan fingerprint density at radius 2 is 1.09 bits per heavy atom. The summed E-state index contributed by atoms with van der Waals surface area (Å²) in [6.45, 7) is 7.92. The first-order valence-electron chi connectivity index (χ1n) is 23.7. The van der Waals surface area contributed by atoms with Gasteiger partial charge in [0.25, 0.3) is 0 Å². The van der Waals surface area contributed by atoms with Gasteiger partial charge in [-0.15, -0.1) is 0 Å². The lowest BCUT2D eigenvalue weighted by Gasteiger charge is -2.25. The molecule has 3 atom stereocenters. The van der Waals surface area contributed by atoms with Crippen molar-refractivity contribution in [2.45, 2.75) is 232 Å². The van der Waals surface area contributed by atoms with Crippen molar-refractivity contribution >= 4 is 17.8 Å². The molecule has 0 aromatic carbocycles. The fraction of sp³-hybridized carbons (Fsp3) is 0.896. The highest BCUT2D eigenvalue weighted by Crippen LogP contribution is 2.21. The summed E-state index contributed by atoms with van der Waals surface area (Å²) in [6, 6.07) is -0.485. The molecule has 1 N–H and O–H groups in total. The number of unbranched alkanes of at least 4 members (excludes halogenated alkanes) is 22. The molecule has 56 heavy (non-hydrogen) atoms. The Balaban J connectivity index is 4.80. The molecule has 0 saturated heterocycles. The van der Waals surface area contributed by atoms with Crippen LogP contribution in [0.1, 0.15) is 220 Å². The van der Waals surface area contributed by atoms with E-state index in [-0.39, 0.29) is 30.4 Å². The molecule has 0 saturated carbocycles. The van der Waals surface area contributed by atoms with Crippen molar-refractivity contribution in [2.75, 3.05) is 41.0 Å². The number of nitrogens with zero attached hydrogens (tertiary/aromatic N) is 1. The number of allylic oxidation sites excluding steroid dienone is 1. The van der Waals surface area contributed by atoms with E-state index in [9.17, 15) is 14.4 Å². The summed E-state index contributed by atoms with van der Waals surface area (Å²) in [5, 5.41) is 3.08. The molecule has 0 aromatic rings. The van der Waals surface area contributed by atoms with Gasteiger partial charge in [-0.2, -0.15) is 0 Å². The smallest absolute Gasteiger partial charge is 0.308 e. The number of methoxy groups -OCH3 is 1. The number of nitrogens with one attached hydrogen (secondary N) is 1. The number of carbonyl (C=O) groups is 3. The largest absolute Gasteiger partial charge is 0.465 e. The molecule has 0 aromatic heterocycles. The van der Waals surface area contributed by atoms with E-state index in [2.05, 4.69) is 32.2 Å². The number of esters is 2. The van der Waals surface area contributed by atoms with Gasteiger partial charge in [-0.3, -0.25) is 14.4 Å². The van der Waals surface area contributed by atoms with Gasteiger partial charge in [0.15, 0.2) is 0 Å². The summed E-state index contributed by atoms with van der Waals surface area (Å²) in [7, 11) is 5.60. The van der Waals surface area contributed by atoms with E-state index in [4.69, 9.17) is 14.2 Å². The van der Waals surface area contributed by atoms with Crippen LogP contribution in [0.4, 0.5) is 0 Å². The van der Waals surface area contributed by atoms with Gasteiger partial charge in [0.05, 0.1) is 24.7 Å². The van der Waals surface area contributed by atoms with Crippen molar-refractivity contribution in [1.29, 1.82) is 0 Å². The highest BCUT2D eigenvalue weighted by molar-refractivity contribution is 5.76. The number of hydrogen-bond donors (Lipinski definition) is 1. The third kappa shape index (κ3) is 35.2. The molecule has 330 valence electrons. The van der Waals surface area contributed by atoms with Crippen LogP contribution in [0.5, 0.6) is 0 Å². The molecule has 0 aliphatic rings. The van der Waals surface area contributed by atoms with E-state index in [0.29, 0.717) is 32.3 Å². The van der Waals surface area contributed by atoms with Crippen LogP contribution in [-0.2, 0) is 28.6 Å². The zero-order valence-corrected chi connectivity index (χ0v) is 37.8. The Labute approximate surface area is 346 Å². The topological polar surface area (TPSA) is 94.2 Å². The molecule has 3 unspecified atom stereocenters. The lowest BCUT2D eigenvalue weighted by atomic mass is 9.94. The maximum atomic E-state index is 13.1. The van der Waals surface area contributed by atoms with E-state index in [0.717, 1.165) is 51.5 Å². The summed E-state index contributed by atoms with van der Waals surface area (Å²) in [5.41, 5.74) is 0. The third-order valence-corrected chi connectivity index (χ3v) is 10.9. The second-order valence-corrected chi connectivity index (χ2v) is 16.7. The molecular formula is C48H92N2O6. The Morgan fingerprint density at radius 3 is 1.61 bits per heavy atom. The van der Waals surface area contributed by atoms with Crippen molar-refractivity contribution in [1.82, 2.24) is 10.2 Å². The fourth-order valence-corrected chi connectivity index (χ4v) is 7.23. The summed E-state index contributed by atoms with van der Waals surface area (Å²) in [6.07, 6.45) is 38.4. The third-order valence-electron chi connectivity index (χ3n) is 10.9. The molecule has 0 fully saturated rings. The highest BCUT2D eigenvalue weighted by Gasteiger charge is 2.23. The zero-order valence-electron chi connectivity index (χ0n) is 37.8. The second kappa shape index (κ2) is 41.2. The number of carbonyl (C=O) groups excluding carboxylic acids is 3. The average molecular weight is 793 g/mol. The van der Waals surface area contributed by atoms with Gasteiger partial charge in [-0.1, -0.05) is 174 Å². The van der Waals surface area contributed by atoms with Crippen molar-refractivity contribution < 1.29 is 28.6 Å². The van der Waals surface area contributed by atoms with Crippen molar-refractivity contribution in [3.05, 3.63) is 12.2 Å². The van der Waals surface area contributed by atoms with Crippen molar-refractivity contribution in [3.8, 4) is 0 Å². The Morgan fingerprint density at radius 1 is 0.589 bits per heavy atom. The van der Waals surface area contributed by atoms with E-state index in [1.165, 1.54) is 128 Å². The van der Waals surface area contributed by atoms with Crippen LogP contribution in [0.2, 0.25) is 0 Å². The lowest BCUT2D eigenvalue weighted by Crippen LogP contribution is -2.46. The first-order valence-corrected chi connectivity index (χ1v) is 23.7. The van der Waals surface area contributed by atoms with Gasteiger partial charge in [0.1, 0.15) is 6.61 Å². The van der Waals surface area contributed by atoms with Crippen LogP contribution in [0, 0.1) is 5.92 Å². The predicted octanol–water partition coefficient (Wildman–Crippen LogP) is 12.5. The Bertz CT molecular complexity index is 925. The monoisotopic (exact) mass is 793 g/mol. The molecular weight excluding hydrogens is 701 g/mol. The zero-order chi connectivity index (χ0) is 41.3. The van der Waals surface area contributed by atoms with E-state index in [1.54, 1.807) is 7.11 Å². The molecule has 0 aliphatic carbocycles. The van der Waals surface area contributed by atoms with Crippen LogP contribution in [0.25, 0.3) is 0 Å². The minimum atomic E-state index is -0.485. The standard InChI is InChI=1S/C48H92N2O6/c1-7-10-13-16-18-19-20-21-22-23-24-25-26-28-31-37-45(54-6)44(42-56-47(52)39-34-40-50(4)5)49-46(51)38-32-33-41-55-48(53)43(35-29-15-12-9-3)36-30-27-17-14-11-8-2/h31,37,43-45H,7-30,32-36,38-42H2,1-6H3,(H,49,51)/b37-31+. The van der Waals surface area contributed by atoms with Gasteiger partial charge in [-0.25, -0.2) is 0 Å². The molecule has 0 radical (unpaired) electrons. The van der Waals surface area contributed by atoms with E-state index in [1.807, 2.05) is 25.1 Å². The fourth-order valence-electron chi connectivity index (χ4n) is 7.23. The number of ether oxygens (including phenoxy) is 3. The molecule has 0 spiro atoms. The Hall–Kier alpha value is -1.93. The average Bonchev–Trinajstić information content (AvgIpc) is 3.18. The quantitative estimate of drug-likeness (QED) is 0.0374. The van der Waals surface area contributed by atoms with Crippen LogP contribution in [-0.4, -0.2) is 75.9 Å². The minimum Gasteiger partial charge on any atom is -0.465 e. The van der Waals surface area contributed by atoms with Gasteiger partial charge < -0.3 is 24.4 Å². The first kappa shape index (κ1) is 54.1. The summed E-state index contributed by atoms with van der Waals surface area (Å²) in [4.78, 5) is 40.7. The molecule has 0 aliphatic heterocycles. The van der Waals surface area contributed by atoms with E-state index >= 15 is 0 Å². The highest BCUT2D eigenvalue weighted by atomic mass is 16.5. The SMILES string of the molecule is CCCCCCCCCCCCCCC/C=C/C(OC)C(COC(=O)CCCN(C)C)NC(=O)CCCCOC(=O)C(CCCCCC)CCCCCCCC. The van der Waals surface area contributed by atoms with Crippen LogP contribution in [0.15, 0.2) is 12.2 Å². The number of amides is 1. The second-order valence-electron chi connectivity index (χ2n) is 16.7. The first-order chi connectivity index (χ1) is 27.3. The summed E-state index contributed by atoms with van der Waals surface area (Å²) >= 11 is 0. The molecule has 0 rings (SSSR count). The van der Waals surface area contributed by atoms with Gasteiger partial charge in [0.2, 0.25) is 5.91 Å². The van der Waals surface area contributed by atoms with Crippen molar-refractivity contribution in [2.24, 2.45) is 5.92 Å². The minimum absolute atomic E-state index is 0.0174. The van der Waals surface area contributed by atoms with E-state index < -0.39 is 12.1 Å². The van der Waals surface area contributed by atoms with Crippen molar-refractivity contribution in [3.63, 3.8) is 0 Å². The molecule has 8 nitrogen and oxygen atoms in total. The number of hydrogen-bond acceptors (Lipinski definition) is 7. The summed E-state index contributed by atoms with van der Waals surface area (Å²) < 4.78 is 17.2. The lowest BCUT2D eigenvalue weighted by molar-refractivity contribution is -0.149. The summed E-state index contributed by atoms with van der Waals surface area (Å²) in [5.74, 6) is -0.468. The molecule has 1 amide bonds. The van der Waals surface area contributed by atoms with Crippen LogP contribution >= 0.6 is 0 Å². The van der Waals surface area contributed by atoms with Crippen LogP contribution in [0.3, 0.4) is 0 Å². The molecule has 0 bridgehead atoms. The maximum absolute atomic E-state index is 13.1. The van der Waals surface area contributed by atoms with Crippen LogP contribution < -0.4 is 5.32 Å². The predicted molar refractivity (Wildman–Crippen MR) is 236 cm³/mol. The normalized spacial score (nSPS) is 13.3. The molecule has 8 heteroatoms. The van der Waals surface area contributed by atoms with Gasteiger partial charge in [-0.05, 0) is 65.6 Å². The number of rotatable bonds is 42. The maximum Gasteiger partial charge on any atom is 0.308 e. The van der Waals surface area contributed by atoms with Gasteiger partial charge >= 0.3 is 11.9 Å².